The first-order valence-electron chi connectivity index (χ1n) is 9.51. The van der Waals surface area contributed by atoms with Gasteiger partial charge < -0.3 is 14.2 Å². The SMILES string of the molecule is Cc1cc(C)cc(C2=NCC(=O)N(CCOC(=O)Nc3ccc4c(c3)OCO4)N2)c1. The molecular formula is C21H22N4O5. The Hall–Kier alpha value is -3.75. The molecule has 2 amide bonds. The van der Waals surface area contributed by atoms with Crippen molar-refractivity contribution in [2.75, 3.05) is 31.8 Å². The van der Waals surface area contributed by atoms with E-state index >= 15 is 0 Å². The van der Waals surface area contributed by atoms with Crippen LogP contribution in [0.25, 0.3) is 0 Å². The van der Waals surface area contributed by atoms with E-state index in [1.807, 2.05) is 26.0 Å². The molecule has 2 N–H and O–H groups in total. The number of hydrogen-bond acceptors (Lipinski definition) is 7. The number of nitrogens with zero attached hydrogens (tertiary/aromatic N) is 2. The monoisotopic (exact) mass is 410 g/mol. The van der Waals surface area contributed by atoms with Crippen LogP contribution in [0.15, 0.2) is 41.4 Å². The first kappa shape index (κ1) is 19.6. The van der Waals surface area contributed by atoms with Crippen molar-refractivity contribution in [3.05, 3.63) is 53.1 Å². The van der Waals surface area contributed by atoms with Gasteiger partial charge in [-0.05, 0) is 38.1 Å². The largest absolute Gasteiger partial charge is 0.454 e. The molecule has 0 aliphatic carbocycles. The Morgan fingerprint density at radius 3 is 2.73 bits per heavy atom. The zero-order valence-corrected chi connectivity index (χ0v) is 16.7. The summed E-state index contributed by atoms with van der Waals surface area (Å²) in [6.07, 6.45) is -0.624. The summed E-state index contributed by atoms with van der Waals surface area (Å²) in [5.74, 6) is 1.62. The Balaban J connectivity index is 1.29. The first-order chi connectivity index (χ1) is 14.5. The van der Waals surface area contributed by atoms with E-state index in [0.717, 1.165) is 16.7 Å². The molecule has 9 heteroatoms. The van der Waals surface area contributed by atoms with Gasteiger partial charge in [0.1, 0.15) is 19.0 Å². The summed E-state index contributed by atoms with van der Waals surface area (Å²) in [5, 5.41) is 4.03. The number of ether oxygens (including phenoxy) is 3. The van der Waals surface area contributed by atoms with Crippen LogP contribution in [0, 0.1) is 13.8 Å². The number of amidine groups is 1. The van der Waals surface area contributed by atoms with Crippen LogP contribution >= 0.6 is 0 Å². The van der Waals surface area contributed by atoms with Crippen molar-refractivity contribution in [2.45, 2.75) is 13.8 Å². The summed E-state index contributed by atoms with van der Waals surface area (Å²) in [5.41, 5.74) is 6.68. The van der Waals surface area contributed by atoms with Gasteiger partial charge in [-0.3, -0.25) is 25.5 Å². The van der Waals surface area contributed by atoms with Gasteiger partial charge in [0.2, 0.25) is 6.79 Å². The van der Waals surface area contributed by atoms with E-state index in [0.29, 0.717) is 23.0 Å². The highest BCUT2D eigenvalue weighted by Gasteiger charge is 2.21. The third-order valence-electron chi connectivity index (χ3n) is 4.58. The van der Waals surface area contributed by atoms with Crippen molar-refractivity contribution in [2.24, 2.45) is 4.99 Å². The van der Waals surface area contributed by atoms with E-state index in [1.165, 1.54) is 5.01 Å². The lowest BCUT2D eigenvalue weighted by Gasteiger charge is -2.28. The van der Waals surface area contributed by atoms with Crippen molar-refractivity contribution in [1.82, 2.24) is 10.4 Å². The molecule has 2 aromatic carbocycles. The second-order valence-corrected chi connectivity index (χ2v) is 7.03. The zero-order valence-electron chi connectivity index (χ0n) is 16.7. The van der Waals surface area contributed by atoms with Crippen LogP contribution in [0.4, 0.5) is 10.5 Å². The number of benzene rings is 2. The fourth-order valence-electron chi connectivity index (χ4n) is 3.26. The van der Waals surface area contributed by atoms with E-state index in [1.54, 1.807) is 18.2 Å². The molecular weight excluding hydrogens is 388 g/mol. The van der Waals surface area contributed by atoms with E-state index in [2.05, 4.69) is 21.8 Å². The zero-order chi connectivity index (χ0) is 21.1. The van der Waals surface area contributed by atoms with E-state index in [9.17, 15) is 9.59 Å². The van der Waals surface area contributed by atoms with Crippen LogP contribution in [0.5, 0.6) is 11.5 Å². The van der Waals surface area contributed by atoms with Gasteiger partial charge in [-0.2, -0.15) is 0 Å². The van der Waals surface area contributed by atoms with Crippen LogP contribution in [0.3, 0.4) is 0 Å². The van der Waals surface area contributed by atoms with Crippen molar-refractivity contribution >= 4 is 23.5 Å². The summed E-state index contributed by atoms with van der Waals surface area (Å²) in [6, 6.07) is 11.1. The molecule has 0 unspecified atom stereocenters. The van der Waals surface area contributed by atoms with Crippen LogP contribution in [0.1, 0.15) is 16.7 Å². The highest BCUT2D eigenvalue weighted by atomic mass is 16.7. The fraction of sp³-hybridized carbons (Fsp3) is 0.286. The van der Waals surface area contributed by atoms with Gasteiger partial charge in [-0.1, -0.05) is 17.2 Å². The third kappa shape index (κ3) is 4.45. The van der Waals surface area contributed by atoms with Gasteiger partial charge in [0, 0.05) is 17.3 Å². The number of carbonyl (C=O) groups is 2. The topological polar surface area (TPSA) is 101 Å². The van der Waals surface area contributed by atoms with Gasteiger partial charge in [0.05, 0.1) is 6.54 Å². The van der Waals surface area contributed by atoms with Crippen molar-refractivity contribution in [1.29, 1.82) is 0 Å². The minimum Gasteiger partial charge on any atom is -0.454 e. The summed E-state index contributed by atoms with van der Waals surface area (Å²) in [6.45, 7) is 4.43. The molecule has 2 heterocycles. The fourth-order valence-corrected chi connectivity index (χ4v) is 3.26. The number of aliphatic imine (C=N–C) groups is 1. The Kier molecular flexibility index (Phi) is 5.42. The summed E-state index contributed by atoms with van der Waals surface area (Å²) >= 11 is 0. The number of carbonyl (C=O) groups excluding carboxylic acids is 2. The second-order valence-electron chi connectivity index (χ2n) is 7.03. The number of rotatable bonds is 5. The molecule has 0 radical (unpaired) electrons. The molecule has 0 aromatic heterocycles. The highest BCUT2D eigenvalue weighted by molar-refractivity contribution is 6.02. The predicted octanol–water partition coefficient (Wildman–Crippen LogP) is 2.37. The van der Waals surface area contributed by atoms with Gasteiger partial charge in [-0.15, -0.1) is 0 Å². The molecule has 2 aromatic rings. The second kappa shape index (κ2) is 8.32. The normalized spacial score (nSPS) is 14.8. The Labute approximate surface area is 173 Å². The molecule has 0 fully saturated rings. The molecule has 0 saturated heterocycles. The quantitative estimate of drug-likeness (QED) is 0.785. The Bertz CT molecular complexity index is 1000. The number of hydrazine groups is 1. The maximum Gasteiger partial charge on any atom is 0.411 e. The highest BCUT2D eigenvalue weighted by Crippen LogP contribution is 2.34. The Morgan fingerprint density at radius 1 is 1.17 bits per heavy atom. The van der Waals surface area contributed by atoms with Crippen LogP contribution in [0.2, 0.25) is 0 Å². The molecule has 4 rings (SSSR count). The number of hydrogen-bond donors (Lipinski definition) is 2. The lowest BCUT2D eigenvalue weighted by Crippen LogP contribution is -2.52. The third-order valence-corrected chi connectivity index (χ3v) is 4.58. The van der Waals surface area contributed by atoms with Crippen molar-refractivity contribution in [3.63, 3.8) is 0 Å². The van der Waals surface area contributed by atoms with Gasteiger partial charge >= 0.3 is 6.09 Å². The standard InChI is InChI=1S/C21H22N4O5/c1-13-7-14(2)9-15(8-13)20-22-11-19(26)25(24-20)5-6-28-21(27)23-16-3-4-17-18(10-16)30-12-29-17/h3-4,7-10H,5-6,11-12H2,1-2H3,(H,22,24)(H,23,27). The predicted molar refractivity (Wildman–Crippen MR) is 110 cm³/mol. The van der Waals surface area contributed by atoms with E-state index < -0.39 is 6.09 Å². The molecule has 156 valence electrons. The smallest absolute Gasteiger partial charge is 0.411 e. The maximum atomic E-state index is 12.2. The maximum absolute atomic E-state index is 12.2. The lowest BCUT2D eigenvalue weighted by molar-refractivity contribution is -0.132. The van der Waals surface area contributed by atoms with Gasteiger partial charge in [0.25, 0.3) is 5.91 Å². The number of nitrogens with one attached hydrogen (secondary N) is 2. The molecule has 2 aliphatic heterocycles. The number of anilines is 1. The molecule has 9 nitrogen and oxygen atoms in total. The summed E-state index contributed by atoms with van der Waals surface area (Å²) in [7, 11) is 0. The number of aryl methyl sites for hydroxylation is 2. The number of amides is 2. The summed E-state index contributed by atoms with van der Waals surface area (Å²) in [4.78, 5) is 28.5. The average molecular weight is 410 g/mol. The van der Waals surface area contributed by atoms with Gasteiger partial charge in [0.15, 0.2) is 11.5 Å². The minimum absolute atomic E-state index is 0.0231. The van der Waals surface area contributed by atoms with E-state index in [-0.39, 0.29) is 32.4 Å². The molecule has 2 aliphatic rings. The Morgan fingerprint density at radius 2 is 1.93 bits per heavy atom. The molecule has 30 heavy (non-hydrogen) atoms. The van der Waals surface area contributed by atoms with E-state index in [4.69, 9.17) is 14.2 Å². The lowest BCUT2D eigenvalue weighted by atomic mass is 10.1. The van der Waals surface area contributed by atoms with Crippen LogP contribution in [-0.4, -0.2) is 49.3 Å². The first-order valence-corrected chi connectivity index (χ1v) is 9.51. The average Bonchev–Trinajstić information content (AvgIpc) is 3.16. The molecule has 0 saturated carbocycles. The van der Waals surface area contributed by atoms with Gasteiger partial charge in [-0.25, -0.2) is 4.79 Å². The summed E-state index contributed by atoms with van der Waals surface area (Å²) < 4.78 is 15.7. The van der Waals surface area contributed by atoms with Crippen LogP contribution in [-0.2, 0) is 9.53 Å². The van der Waals surface area contributed by atoms with Crippen LogP contribution < -0.4 is 20.2 Å². The van der Waals surface area contributed by atoms with Crippen molar-refractivity contribution < 1.29 is 23.8 Å². The minimum atomic E-state index is -0.624. The van der Waals surface area contributed by atoms with Crippen molar-refractivity contribution in [3.8, 4) is 11.5 Å². The number of fused-ring (bicyclic) bond motifs is 1. The molecule has 0 spiro atoms. The molecule has 0 atom stereocenters. The molecule has 0 bridgehead atoms.